The molecule has 1 aliphatic rings. The van der Waals surface area contributed by atoms with Crippen LogP contribution in [0.3, 0.4) is 0 Å². The normalized spacial score (nSPS) is 15.5. The summed E-state index contributed by atoms with van der Waals surface area (Å²) < 4.78 is 34.7. The standard InChI is InChI=1S/C19H16F2O3/c1-23-15-8-9-16-12(11-15)6-7-14(18(16)22)10-13-4-2-3-5-17(13)24-19(20)21/h2-5,8-11,19H,6-7H2,1H3/b14-10+. The molecule has 0 aromatic heterocycles. The van der Waals surface area contributed by atoms with Crippen molar-refractivity contribution in [2.24, 2.45) is 0 Å². The van der Waals surface area contributed by atoms with E-state index in [-0.39, 0.29) is 11.5 Å². The van der Waals surface area contributed by atoms with Gasteiger partial charge in [-0.3, -0.25) is 4.79 Å². The Morgan fingerprint density at radius 1 is 1.12 bits per heavy atom. The quantitative estimate of drug-likeness (QED) is 0.774. The number of para-hydroxylation sites is 1. The molecule has 124 valence electrons. The van der Waals surface area contributed by atoms with Crippen LogP contribution in [0.15, 0.2) is 48.0 Å². The van der Waals surface area contributed by atoms with Gasteiger partial charge >= 0.3 is 6.61 Å². The highest BCUT2D eigenvalue weighted by Crippen LogP contribution is 2.31. The fourth-order valence-electron chi connectivity index (χ4n) is 2.81. The van der Waals surface area contributed by atoms with E-state index in [1.807, 2.05) is 6.07 Å². The van der Waals surface area contributed by atoms with Gasteiger partial charge in [0.25, 0.3) is 0 Å². The van der Waals surface area contributed by atoms with Crippen molar-refractivity contribution in [2.45, 2.75) is 19.5 Å². The van der Waals surface area contributed by atoms with E-state index < -0.39 is 6.61 Å². The molecule has 0 saturated carbocycles. The van der Waals surface area contributed by atoms with Crippen molar-refractivity contribution in [1.29, 1.82) is 0 Å². The van der Waals surface area contributed by atoms with Gasteiger partial charge in [0.15, 0.2) is 5.78 Å². The van der Waals surface area contributed by atoms with Crippen LogP contribution in [0.25, 0.3) is 6.08 Å². The molecule has 3 nitrogen and oxygen atoms in total. The van der Waals surface area contributed by atoms with Gasteiger partial charge in [-0.15, -0.1) is 0 Å². The topological polar surface area (TPSA) is 35.5 Å². The molecule has 0 radical (unpaired) electrons. The van der Waals surface area contributed by atoms with Crippen LogP contribution in [0.5, 0.6) is 11.5 Å². The molecule has 0 saturated heterocycles. The lowest BCUT2D eigenvalue weighted by atomic mass is 9.86. The predicted octanol–water partition coefficient (Wildman–Crippen LogP) is 4.51. The first-order chi connectivity index (χ1) is 11.6. The number of rotatable bonds is 4. The van der Waals surface area contributed by atoms with Crippen LogP contribution in [0.2, 0.25) is 0 Å². The third-order valence-electron chi connectivity index (χ3n) is 3.98. The van der Waals surface area contributed by atoms with Crippen LogP contribution in [-0.4, -0.2) is 19.5 Å². The minimum absolute atomic E-state index is 0.0633. The van der Waals surface area contributed by atoms with Crippen molar-refractivity contribution in [3.05, 3.63) is 64.7 Å². The van der Waals surface area contributed by atoms with E-state index in [4.69, 9.17) is 4.74 Å². The number of ketones is 1. The summed E-state index contributed by atoms with van der Waals surface area (Å²) in [4.78, 5) is 12.7. The molecular formula is C19H16F2O3. The number of halogens is 2. The van der Waals surface area contributed by atoms with Crippen molar-refractivity contribution in [1.82, 2.24) is 0 Å². The van der Waals surface area contributed by atoms with E-state index in [0.29, 0.717) is 35.3 Å². The molecule has 1 aliphatic carbocycles. The largest absolute Gasteiger partial charge is 0.497 e. The summed E-state index contributed by atoms with van der Waals surface area (Å²) in [6.07, 6.45) is 2.87. The highest BCUT2D eigenvalue weighted by Gasteiger charge is 2.22. The lowest BCUT2D eigenvalue weighted by Gasteiger charge is -2.18. The number of benzene rings is 2. The van der Waals surface area contributed by atoms with Crippen molar-refractivity contribution in [3.63, 3.8) is 0 Å². The second-order valence-corrected chi connectivity index (χ2v) is 5.44. The Hall–Kier alpha value is -2.69. The summed E-state index contributed by atoms with van der Waals surface area (Å²) in [5.41, 5.74) is 2.62. The lowest BCUT2D eigenvalue weighted by molar-refractivity contribution is -0.0499. The Morgan fingerprint density at radius 3 is 2.67 bits per heavy atom. The zero-order valence-electron chi connectivity index (χ0n) is 13.1. The van der Waals surface area contributed by atoms with Crippen LogP contribution in [0, 0.1) is 0 Å². The number of fused-ring (bicyclic) bond motifs is 1. The Morgan fingerprint density at radius 2 is 1.92 bits per heavy atom. The maximum atomic E-state index is 12.7. The third-order valence-corrected chi connectivity index (χ3v) is 3.98. The highest BCUT2D eigenvalue weighted by atomic mass is 19.3. The molecular weight excluding hydrogens is 314 g/mol. The van der Waals surface area contributed by atoms with Gasteiger partial charge in [-0.05, 0) is 48.7 Å². The monoisotopic (exact) mass is 330 g/mol. The molecule has 3 rings (SSSR count). The van der Waals surface area contributed by atoms with Crippen LogP contribution in [0.4, 0.5) is 8.78 Å². The van der Waals surface area contributed by atoms with E-state index in [9.17, 15) is 13.6 Å². The molecule has 24 heavy (non-hydrogen) atoms. The molecule has 0 N–H and O–H groups in total. The second kappa shape index (κ2) is 6.83. The molecule has 2 aromatic carbocycles. The van der Waals surface area contributed by atoms with E-state index in [1.165, 1.54) is 6.07 Å². The molecule has 0 heterocycles. The Bertz CT molecular complexity index is 797. The van der Waals surface area contributed by atoms with Crippen LogP contribution in [0.1, 0.15) is 27.9 Å². The molecule has 0 atom stereocenters. The average Bonchev–Trinajstić information content (AvgIpc) is 2.58. The van der Waals surface area contributed by atoms with Gasteiger partial charge in [0.05, 0.1) is 7.11 Å². The summed E-state index contributed by atoms with van der Waals surface area (Å²) in [6.45, 7) is -2.90. The number of Topliss-reactive ketones (excluding diaryl/α,β-unsaturated/α-hetero) is 1. The summed E-state index contributed by atoms with van der Waals surface area (Å²) in [7, 11) is 1.58. The number of methoxy groups -OCH3 is 1. The maximum Gasteiger partial charge on any atom is 0.387 e. The highest BCUT2D eigenvalue weighted by molar-refractivity contribution is 6.13. The zero-order chi connectivity index (χ0) is 17.1. The van der Waals surface area contributed by atoms with Gasteiger partial charge in [-0.1, -0.05) is 18.2 Å². The van der Waals surface area contributed by atoms with Crippen LogP contribution >= 0.6 is 0 Å². The number of alkyl halides is 2. The van der Waals surface area contributed by atoms with Crippen LogP contribution < -0.4 is 9.47 Å². The Kier molecular flexibility index (Phi) is 4.60. The summed E-state index contributed by atoms with van der Waals surface area (Å²) >= 11 is 0. The Balaban J connectivity index is 1.94. The van der Waals surface area contributed by atoms with E-state index >= 15 is 0 Å². The SMILES string of the molecule is COc1ccc2c(c1)CC/C(=C\c1ccccc1OC(F)F)C2=O. The molecule has 0 bridgehead atoms. The van der Waals surface area contributed by atoms with Gasteiger partial charge in [0, 0.05) is 16.7 Å². The minimum Gasteiger partial charge on any atom is -0.497 e. The predicted molar refractivity (Wildman–Crippen MR) is 86.7 cm³/mol. The molecule has 0 aliphatic heterocycles. The molecule has 0 amide bonds. The fourth-order valence-corrected chi connectivity index (χ4v) is 2.81. The smallest absolute Gasteiger partial charge is 0.387 e. The van der Waals surface area contributed by atoms with Gasteiger partial charge in [0.1, 0.15) is 11.5 Å². The van der Waals surface area contributed by atoms with Gasteiger partial charge in [-0.25, -0.2) is 0 Å². The first-order valence-electron chi connectivity index (χ1n) is 7.54. The van der Waals surface area contributed by atoms with Crippen molar-refractivity contribution in [3.8, 4) is 11.5 Å². The number of carbonyl (C=O) groups is 1. The second-order valence-electron chi connectivity index (χ2n) is 5.44. The van der Waals surface area contributed by atoms with Gasteiger partial charge in [-0.2, -0.15) is 8.78 Å². The molecule has 0 spiro atoms. The number of aryl methyl sites for hydroxylation is 1. The summed E-state index contributed by atoms with van der Waals surface area (Å²) in [6, 6.07) is 11.8. The number of hydrogen-bond donors (Lipinski definition) is 0. The molecule has 2 aromatic rings. The molecule has 0 fully saturated rings. The number of ether oxygens (including phenoxy) is 2. The minimum atomic E-state index is -2.90. The zero-order valence-corrected chi connectivity index (χ0v) is 13.1. The van der Waals surface area contributed by atoms with Gasteiger partial charge in [0.2, 0.25) is 0 Å². The average molecular weight is 330 g/mol. The Labute approximate surface area is 138 Å². The van der Waals surface area contributed by atoms with E-state index in [1.54, 1.807) is 43.5 Å². The summed E-state index contributed by atoms with van der Waals surface area (Å²) in [5, 5.41) is 0. The van der Waals surface area contributed by atoms with E-state index in [2.05, 4.69) is 4.74 Å². The van der Waals surface area contributed by atoms with Crippen LogP contribution in [-0.2, 0) is 6.42 Å². The van der Waals surface area contributed by atoms with E-state index in [0.717, 1.165) is 5.56 Å². The summed E-state index contributed by atoms with van der Waals surface area (Å²) in [5.74, 6) is 0.684. The number of hydrogen-bond acceptors (Lipinski definition) is 3. The number of allylic oxidation sites excluding steroid dienone is 1. The fraction of sp³-hybridized carbons (Fsp3) is 0.211. The third kappa shape index (κ3) is 3.30. The number of carbonyl (C=O) groups excluding carboxylic acids is 1. The molecule has 0 unspecified atom stereocenters. The van der Waals surface area contributed by atoms with Crippen molar-refractivity contribution < 1.29 is 23.0 Å². The lowest BCUT2D eigenvalue weighted by Crippen LogP contribution is -2.14. The van der Waals surface area contributed by atoms with Crippen molar-refractivity contribution >= 4 is 11.9 Å². The maximum absolute atomic E-state index is 12.7. The van der Waals surface area contributed by atoms with Gasteiger partial charge < -0.3 is 9.47 Å². The first-order valence-corrected chi connectivity index (χ1v) is 7.54. The first kappa shape index (κ1) is 16.2. The molecule has 5 heteroatoms. The van der Waals surface area contributed by atoms with Crippen molar-refractivity contribution in [2.75, 3.05) is 7.11 Å².